The molecule has 0 saturated heterocycles. The van der Waals surface area contributed by atoms with Gasteiger partial charge < -0.3 is 11.5 Å². The first-order chi connectivity index (χ1) is 5.70. The molecule has 0 spiro atoms. The van der Waals surface area contributed by atoms with E-state index >= 15 is 0 Å². The van der Waals surface area contributed by atoms with Gasteiger partial charge in [0.1, 0.15) is 12.0 Å². The molecule has 1 aliphatic rings. The highest BCUT2D eigenvalue weighted by Gasteiger charge is 2.21. The molecule has 1 heterocycles. The summed E-state index contributed by atoms with van der Waals surface area (Å²) < 4.78 is 0. The van der Waals surface area contributed by atoms with Crippen molar-refractivity contribution in [2.24, 2.45) is 16.5 Å². The van der Waals surface area contributed by atoms with E-state index in [0.29, 0.717) is 10.9 Å². The molecule has 4 N–H and O–H groups in total. The average Bonchev–Trinajstić information content (AvgIpc) is 2.29. The van der Waals surface area contributed by atoms with Gasteiger partial charge in [-0.3, -0.25) is 0 Å². The van der Waals surface area contributed by atoms with Gasteiger partial charge >= 0.3 is 0 Å². The molecular weight excluding hydrogens is 174 g/mol. The van der Waals surface area contributed by atoms with E-state index < -0.39 is 0 Å². The van der Waals surface area contributed by atoms with Crippen LogP contribution in [0.1, 0.15) is 17.3 Å². The summed E-state index contributed by atoms with van der Waals surface area (Å²) in [6.07, 6.45) is -0.348. The summed E-state index contributed by atoms with van der Waals surface area (Å²) in [4.78, 5) is 4.01. The van der Waals surface area contributed by atoms with Gasteiger partial charge in [0.25, 0.3) is 0 Å². The first-order valence-corrected chi connectivity index (χ1v) is 3.95. The van der Waals surface area contributed by atoms with E-state index in [1.54, 1.807) is 6.07 Å². The molecule has 1 aromatic rings. The topological polar surface area (TPSA) is 64.4 Å². The Morgan fingerprint density at radius 1 is 1.42 bits per heavy atom. The maximum atomic E-state index is 5.91. The van der Waals surface area contributed by atoms with Crippen molar-refractivity contribution in [2.45, 2.75) is 6.17 Å². The molecule has 0 radical (unpaired) electrons. The van der Waals surface area contributed by atoms with Gasteiger partial charge in [0, 0.05) is 11.1 Å². The highest BCUT2D eigenvalue weighted by molar-refractivity contribution is 6.34. The zero-order chi connectivity index (χ0) is 8.72. The molecule has 0 aliphatic carbocycles. The van der Waals surface area contributed by atoms with E-state index in [-0.39, 0.29) is 6.17 Å². The summed E-state index contributed by atoms with van der Waals surface area (Å²) in [5.74, 6) is 0.433. The Balaban J connectivity index is 2.68. The summed E-state index contributed by atoms with van der Waals surface area (Å²) in [6, 6.07) is 5.51. The summed E-state index contributed by atoms with van der Waals surface area (Å²) in [7, 11) is 0. The maximum Gasteiger partial charge on any atom is 0.129 e. The molecule has 0 aromatic heterocycles. The van der Waals surface area contributed by atoms with Crippen LogP contribution >= 0.6 is 11.6 Å². The number of nitrogens with two attached hydrogens (primary N) is 2. The SMILES string of the molecule is NC1=NC(N)c2cccc(Cl)c21. The van der Waals surface area contributed by atoms with Crippen molar-refractivity contribution >= 4 is 17.4 Å². The Kier molecular flexibility index (Phi) is 1.56. The third-order valence-corrected chi connectivity index (χ3v) is 2.21. The third kappa shape index (κ3) is 0.906. The molecule has 2 rings (SSSR count). The van der Waals surface area contributed by atoms with E-state index in [4.69, 9.17) is 23.1 Å². The summed E-state index contributed by atoms with van der Waals surface area (Å²) >= 11 is 5.91. The van der Waals surface area contributed by atoms with Crippen LogP contribution in [-0.2, 0) is 0 Å². The Morgan fingerprint density at radius 2 is 2.17 bits per heavy atom. The van der Waals surface area contributed by atoms with E-state index in [1.807, 2.05) is 12.1 Å². The molecule has 1 unspecified atom stereocenters. The third-order valence-electron chi connectivity index (χ3n) is 1.90. The number of aliphatic imine (C=N–C) groups is 1. The van der Waals surface area contributed by atoms with Crippen LogP contribution in [0.25, 0.3) is 0 Å². The molecule has 1 aliphatic heterocycles. The van der Waals surface area contributed by atoms with Crippen molar-refractivity contribution in [3.63, 3.8) is 0 Å². The van der Waals surface area contributed by atoms with Gasteiger partial charge in [-0.2, -0.15) is 0 Å². The van der Waals surface area contributed by atoms with E-state index in [9.17, 15) is 0 Å². The standard InChI is InChI=1S/C8H8ClN3/c9-5-3-1-2-4-6(5)8(11)12-7(4)10/h1-3,7H,10H2,(H2,11,12). The van der Waals surface area contributed by atoms with Crippen molar-refractivity contribution in [1.82, 2.24) is 0 Å². The fourth-order valence-electron chi connectivity index (χ4n) is 1.34. The summed E-state index contributed by atoms with van der Waals surface area (Å²) in [6.45, 7) is 0. The first kappa shape index (κ1) is 7.58. The molecule has 0 fully saturated rings. The van der Waals surface area contributed by atoms with Gasteiger partial charge in [-0.1, -0.05) is 23.7 Å². The summed E-state index contributed by atoms with van der Waals surface area (Å²) in [5.41, 5.74) is 13.0. The van der Waals surface area contributed by atoms with Gasteiger partial charge in [0.15, 0.2) is 0 Å². The average molecular weight is 182 g/mol. The first-order valence-electron chi connectivity index (χ1n) is 3.58. The number of hydrogen-bond donors (Lipinski definition) is 2. The highest BCUT2D eigenvalue weighted by Crippen LogP contribution is 2.29. The van der Waals surface area contributed by atoms with Crippen molar-refractivity contribution < 1.29 is 0 Å². The minimum atomic E-state index is -0.348. The lowest BCUT2D eigenvalue weighted by Gasteiger charge is -2.03. The molecule has 4 heteroatoms. The summed E-state index contributed by atoms with van der Waals surface area (Å²) in [5, 5.41) is 0.613. The highest BCUT2D eigenvalue weighted by atomic mass is 35.5. The molecule has 62 valence electrons. The number of fused-ring (bicyclic) bond motifs is 1. The fourth-order valence-corrected chi connectivity index (χ4v) is 1.62. The molecular formula is C8H8ClN3. The Labute approximate surface area is 75.0 Å². The Morgan fingerprint density at radius 3 is 2.83 bits per heavy atom. The monoisotopic (exact) mass is 181 g/mol. The lowest BCUT2D eigenvalue weighted by molar-refractivity contribution is 0.795. The largest absolute Gasteiger partial charge is 0.383 e. The van der Waals surface area contributed by atoms with Crippen molar-refractivity contribution in [3.8, 4) is 0 Å². The number of hydrogen-bond acceptors (Lipinski definition) is 3. The zero-order valence-corrected chi connectivity index (χ0v) is 7.05. The predicted molar refractivity (Wildman–Crippen MR) is 49.1 cm³/mol. The normalized spacial score (nSPS) is 20.5. The van der Waals surface area contributed by atoms with Gasteiger partial charge in [-0.05, 0) is 6.07 Å². The number of amidine groups is 1. The van der Waals surface area contributed by atoms with Crippen LogP contribution in [-0.4, -0.2) is 5.84 Å². The van der Waals surface area contributed by atoms with Crippen LogP contribution in [0.2, 0.25) is 5.02 Å². The lowest BCUT2D eigenvalue weighted by Crippen LogP contribution is -2.10. The number of benzene rings is 1. The Bertz CT molecular complexity index is 359. The van der Waals surface area contributed by atoms with Gasteiger partial charge in [-0.15, -0.1) is 0 Å². The van der Waals surface area contributed by atoms with Crippen LogP contribution in [0, 0.1) is 0 Å². The molecule has 3 nitrogen and oxygen atoms in total. The van der Waals surface area contributed by atoms with Gasteiger partial charge in [0.05, 0.1) is 5.02 Å². The number of rotatable bonds is 0. The molecule has 1 atom stereocenters. The van der Waals surface area contributed by atoms with Crippen molar-refractivity contribution in [2.75, 3.05) is 0 Å². The second kappa shape index (κ2) is 2.47. The Hall–Kier alpha value is -1.06. The predicted octanol–water partition coefficient (Wildman–Crippen LogP) is 1.02. The van der Waals surface area contributed by atoms with Crippen molar-refractivity contribution in [3.05, 3.63) is 34.3 Å². The van der Waals surface area contributed by atoms with E-state index in [1.165, 1.54) is 0 Å². The van der Waals surface area contributed by atoms with E-state index in [0.717, 1.165) is 11.1 Å². The van der Waals surface area contributed by atoms with Crippen LogP contribution in [0.5, 0.6) is 0 Å². The van der Waals surface area contributed by atoms with Gasteiger partial charge in [-0.25, -0.2) is 4.99 Å². The zero-order valence-electron chi connectivity index (χ0n) is 6.29. The minimum Gasteiger partial charge on any atom is -0.383 e. The molecule has 0 saturated carbocycles. The van der Waals surface area contributed by atoms with Crippen molar-refractivity contribution in [1.29, 1.82) is 0 Å². The lowest BCUT2D eigenvalue weighted by atomic mass is 10.1. The molecule has 12 heavy (non-hydrogen) atoms. The van der Waals surface area contributed by atoms with Crippen LogP contribution in [0.15, 0.2) is 23.2 Å². The molecule has 0 bridgehead atoms. The van der Waals surface area contributed by atoms with Crippen LogP contribution < -0.4 is 11.5 Å². The molecule has 1 aromatic carbocycles. The second-order valence-corrected chi connectivity index (χ2v) is 3.07. The molecule has 0 amide bonds. The minimum absolute atomic E-state index is 0.348. The fraction of sp³-hybridized carbons (Fsp3) is 0.125. The number of halogens is 1. The van der Waals surface area contributed by atoms with Gasteiger partial charge in [0.2, 0.25) is 0 Å². The van der Waals surface area contributed by atoms with Crippen LogP contribution in [0.4, 0.5) is 0 Å². The second-order valence-electron chi connectivity index (χ2n) is 2.66. The van der Waals surface area contributed by atoms with E-state index in [2.05, 4.69) is 4.99 Å². The van der Waals surface area contributed by atoms with Crippen LogP contribution in [0.3, 0.4) is 0 Å². The number of nitrogens with zero attached hydrogens (tertiary/aromatic N) is 1. The quantitative estimate of drug-likeness (QED) is 0.628. The smallest absolute Gasteiger partial charge is 0.129 e. The maximum absolute atomic E-state index is 5.91.